The molecule has 0 bridgehead atoms. The molecule has 164 valence electrons. The van der Waals surface area contributed by atoms with Gasteiger partial charge >= 0.3 is 0 Å². The second kappa shape index (κ2) is 9.44. The minimum atomic E-state index is -3.31. The predicted molar refractivity (Wildman–Crippen MR) is 123 cm³/mol. The number of thiazole rings is 1. The number of carbonyl (C=O) groups is 1. The number of rotatable bonds is 7. The van der Waals surface area contributed by atoms with Crippen LogP contribution in [-0.2, 0) is 14.6 Å². The van der Waals surface area contributed by atoms with Crippen LogP contribution in [0.2, 0.25) is 0 Å². The number of amides is 1. The first kappa shape index (κ1) is 21.9. The van der Waals surface area contributed by atoms with Gasteiger partial charge in [0.2, 0.25) is 0 Å². The molecule has 2 aromatic carbocycles. The lowest BCUT2D eigenvalue weighted by Crippen LogP contribution is -2.43. The van der Waals surface area contributed by atoms with Crippen molar-refractivity contribution in [2.45, 2.75) is 11.8 Å². The topological polar surface area (TPSA) is 79.8 Å². The Bertz CT molecular complexity index is 1120. The van der Waals surface area contributed by atoms with Crippen LogP contribution in [0, 0.1) is 0 Å². The van der Waals surface area contributed by atoms with Crippen molar-refractivity contribution in [3.8, 4) is 0 Å². The van der Waals surface area contributed by atoms with E-state index in [0.29, 0.717) is 37.0 Å². The van der Waals surface area contributed by atoms with Crippen molar-refractivity contribution in [2.75, 3.05) is 50.0 Å². The van der Waals surface area contributed by atoms with Gasteiger partial charge in [0.25, 0.3) is 5.91 Å². The van der Waals surface area contributed by atoms with Crippen LogP contribution in [0.15, 0.2) is 53.4 Å². The van der Waals surface area contributed by atoms with Gasteiger partial charge in [-0.2, -0.15) is 0 Å². The number of anilines is 1. The highest BCUT2D eigenvalue weighted by Gasteiger charge is 2.23. The minimum Gasteiger partial charge on any atom is -0.379 e. The maximum atomic E-state index is 13.4. The van der Waals surface area contributed by atoms with Gasteiger partial charge in [0.15, 0.2) is 15.0 Å². The maximum absolute atomic E-state index is 13.4. The predicted octanol–water partition coefficient (Wildman–Crippen LogP) is 3.07. The summed E-state index contributed by atoms with van der Waals surface area (Å²) in [6.45, 7) is 5.89. The van der Waals surface area contributed by atoms with Crippen molar-refractivity contribution in [3.05, 3.63) is 54.1 Å². The Kier molecular flexibility index (Phi) is 6.66. The normalized spacial score (nSPS) is 15.3. The second-order valence-electron chi connectivity index (χ2n) is 7.30. The zero-order chi connectivity index (χ0) is 21.8. The molecule has 0 saturated carbocycles. The van der Waals surface area contributed by atoms with E-state index in [1.807, 2.05) is 24.3 Å². The van der Waals surface area contributed by atoms with E-state index < -0.39 is 9.84 Å². The molecule has 1 aromatic heterocycles. The molecule has 2 heterocycles. The lowest BCUT2D eigenvalue weighted by atomic mass is 10.2. The molecule has 1 saturated heterocycles. The monoisotopic (exact) mass is 459 g/mol. The van der Waals surface area contributed by atoms with Crippen molar-refractivity contribution in [2.24, 2.45) is 0 Å². The number of para-hydroxylation sites is 1. The average Bonchev–Trinajstić information content (AvgIpc) is 3.23. The first-order valence-electron chi connectivity index (χ1n) is 10.3. The van der Waals surface area contributed by atoms with Crippen LogP contribution >= 0.6 is 11.3 Å². The van der Waals surface area contributed by atoms with Gasteiger partial charge < -0.3 is 4.74 Å². The number of fused-ring (bicyclic) bond motifs is 1. The first-order valence-corrected chi connectivity index (χ1v) is 12.7. The van der Waals surface area contributed by atoms with Gasteiger partial charge in [-0.15, -0.1) is 0 Å². The Morgan fingerprint density at radius 2 is 1.84 bits per heavy atom. The van der Waals surface area contributed by atoms with Gasteiger partial charge in [-0.3, -0.25) is 14.6 Å². The summed E-state index contributed by atoms with van der Waals surface area (Å²) in [6, 6.07) is 14.0. The fourth-order valence-electron chi connectivity index (χ4n) is 3.45. The van der Waals surface area contributed by atoms with Gasteiger partial charge in [0.05, 0.1) is 34.1 Å². The molecule has 1 fully saturated rings. The lowest BCUT2D eigenvalue weighted by Gasteiger charge is -2.29. The van der Waals surface area contributed by atoms with Crippen LogP contribution in [0.3, 0.4) is 0 Å². The summed E-state index contributed by atoms with van der Waals surface area (Å²) in [7, 11) is -3.31. The summed E-state index contributed by atoms with van der Waals surface area (Å²) in [5.74, 6) is -0.162. The fraction of sp³-hybridized carbons (Fsp3) is 0.364. The van der Waals surface area contributed by atoms with Crippen molar-refractivity contribution in [3.63, 3.8) is 0 Å². The van der Waals surface area contributed by atoms with E-state index in [9.17, 15) is 13.2 Å². The van der Waals surface area contributed by atoms with E-state index in [2.05, 4.69) is 9.88 Å². The molecular formula is C22H25N3O4S2. The third-order valence-electron chi connectivity index (χ3n) is 5.34. The number of hydrogen-bond donors (Lipinski definition) is 0. The number of ether oxygens (including phenoxy) is 1. The second-order valence-corrected chi connectivity index (χ2v) is 10.6. The Balaban J connectivity index is 1.61. The van der Waals surface area contributed by atoms with Crippen LogP contribution < -0.4 is 4.90 Å². The third kappa shape index (κ3) is 4.95. The highest BCUT2D eigenvalue weighted by molar-refractivity contribution is 7.91. The van der Waals surface area contributed by atoms with Gasteiger partial charge in [-0.25, -0.2) is 13.4 Å². The number of morpholine rings is 1. The molecule has 1 aliphatic heterocycles. The standard InChI is InChI=1S/C22H25N3O4S2/c1-2-31(27,28)18-9-7-17(8-10-18)21(26)25(12-11-24-13-15-29-16-14-24)22-23-19-5-3-4-6-20(19)30-22/h3-10H,2,11-16H2,1H3. The molecular weight excluding hydrogens is 434 g/mol. The van der Waals surface area contributed by atoms with E-state index in [1.165, 1.54) is 23.5 Å². The van der Waals surface area contributed by atoms with Gasteiger partial charge in [0, 0.05) is 31.7 Å². The van der Waals surface area contributed by atoms with Gasteiger partial charge in [-0.05, 0) is 36.4 Å². The molecule has 1 amide bonds. The molecule has 0 aliphatic carbocycles. The summed E-state index contributed by atoms with van der Waals surface area (Å²) in [6.07, 6.45) is 0. The van der Waals surface area contributed by atoms with Crippen LogP contribution in [0.5, 0.6) is 0 Å². The molecule has 0 atom stereocenters. The number of hydrogen-bond acceptors (Lipinski definition) is 7. The summed E-state index contributed by atoms with van der Waals surface area (Å²) in [5, 5.41) is 0.643. The largest absolute Gasteiger partial charge is 0.379 e. The Morgan fingerprint density at radius 3 is 2.52 bits per heavy atom. The van der Waals surface area contributed by atoms with E-state index in [0.717, 1.165) is 23.3 Å². The Labute approximate surface area is 186 Å². The minimum absolute atomic E-state index is 0.0255. The highest BCUT2D eigenvalue weighted by atomic mass is 32.2. The summed E-state index contributed by atoms with van der Waals surface area (Å²) in [5.41, 5.74) is 1.30. The molecule has 7 nitrogen and oxygen atoms in total. The number of benzene rings is 2. The van der Waals surface area contributed by atoms with E-state index in [1.54, 1.807) is 24.0 Å². The van der Waals surface area contributed by atoms with Crippen molar-refractivity contribution in [1.82, 2.24) is 9.88 Å². The zero-order valence-electron chi connectivity index (χ0n) is 17.4. The lowest BCUT2D eigenvalue weighted by molar-refractivity contribution is 0.0391. The molecule has 0 radical (unpaired) electrons. The van der Waals surface area contributed by atoms with E-state index >= 15 is 0 Å². The molecule has 1 aliphatic rings. The van der Waals surface area contributed by atoms with Crippen LogP contribution in [0.4, 0.5) is 5.13 Å². The SMILES string of the molecule is CCS(=O)(=O)c1ccc(C(=O)N(CCN2CCOCC2)c2nc3ccccc3s2)cc1. The average molecular weight is 460 g/mol. The molecule has 3 aromatic rings. The molecule has 4 rings (SSSR count). The maximum Gasteiger partial charge on any atom is 0.260 e. The molecule has 0 spiro atoms. The number of carbonyl (C=O) groups excluding carboxylic acids is 1. The van der Waals surface area contributed by atoms with E-state index in [4.69, 9.17) is 4.74 Å². The third-order valence-corrected chi connectivity index (χ3v) is 8.15. The van der Waals surface area contributed by atoms with Gasteiger partial charge in [-0.1, -0.05) is 30.4 Å². The number of aromatic nitrogens is 1. The van der Waals surface area contributed by atoms with Crippen LogP contribution in [0.25, 0.3) is 10.2 Å². The molecule has 0 unspecified atom stereocenters. The van der Waals surface area contributed by atoms with Crippen LogP contribution in [-0.4, -0.2) is 69.4 Å². The molecule has 9 heteroatoms. The Morgan fingerprint density at radius 1 is 1.13 bits per heavy atom. The number of nitrogens with zero attached hydrogens (tertiary/aromatic N) is 3. The quantitative estimate of drug-likeness (QED) is 0.540. The first-order chi connectivity index (χ1) is 15.0. The smallest absolute Gasteiger partial charge is 0.260 e. The van der Waals surface area contributed by atoms with Crippen molar-refractivity contribution < 1.29 is 17.9 Å². The summed E-state index contributed by atoms with van der Waals surface area (Å²) < 4.78 is 30.6. The van der Waals surface area contributed by atoms with Crippen molar-refractivity contribution >= 4 is 42.4 Å². The zero-order valence-corrected chi connectivity index (χ0v) is 19.0. The molecule has 31 heavy (non-hydrogen) atoms. The number of sulfone groups is 1. The van der Waals surface area contributed by atoms with Gasteiger partial charge in [0.1, 0.15) is 0 Å². The summed E-state index contributed by atoms with van der Waals surface area (Å²) in [4.78, 5) is 22.3. The molecule has 0 N–H and O–H groups in total. The van der Waals surface area contributed by atoms with E-state index in [-0.39, 0.29) is 16.6 Å². The summed E-state index contributed by atoms with van der Waals surface area (Å²) >= 11 is 1.48. The fourth-order valence-corrected chi connectivity index (χ4v) is 5.33. The Hall–Kier alpha value is -2.33. The van der Waals surface area contributed by atoms with Crippen LogP contribution in [0.1, 0.15) is 17.3 Å². The highest BCUT2D eigenvalue weighted by Crippen LogP contribution is 2.29. The van der Waals surface area contributed by atoms with Crippen molar-refractivity contribution in [1.29, 1.82) is 0 Å².